The van der Waals surface area contributed by atoms with Crippen molar-refractivity contribution in [3.63, 3.8) is 0 Å². The molecule has 65 heavy (non-hydrogen) atoms. The lowest BCUT2D eigenvalue weighted by molar-refractivity contribution is -0.149. The van der Waals surface area contributed by atoms with Gasteiger partial charge in [0, 0.05) is 43.8 Å². The van der Waals surface area contributed by atoms with Gasteiger partial charge in [0.05, 0.1) is 0 Å². The molecule has 0 aliphatic carbocycles. The van der Waals surface area contributed by atoms with Crippen LogP contribution in [-0.4, -0.2) is 103 Å². The van der Waals surface area contributed by atoms with Crippen LogP contribution >= 0.6 is 0 Å². The molecule has 2 aromatic heterocycles. The number of amidine groups is 4. The fraction of sp³-hybridized carbons (Fsp3) is 0.320. The second kappa shape index (κ2) is 15.2. The molecule has 0 fully saturated rings. The molecule has 4 aliphatic heterocycles. The number of benzene rings is 4. The number of aryl methyl sites for hydroxylation is 4. The SMILES string of the molecule is Cc1ccc2c(c1)C1=NC2=Nc2c3cc(C)ccc3c3n2[Si](OC(=O)C(C(C)C)N(C)C)(OC(=O)C(C(C)C)N(C)C)n2c(c4ccc(C)cc4c2=NC2=NC(=N3)c3cc(C)ccc32)=N1. The highest BCUT2D eigenvalue weighted by Gasteiger charge is 2.61. The van der Waals surface area contributed by atoms with Gasteiger partial charge in [0.25, 0.3) is 0 Å². The average molecular weight is 885 g/mol. The summed E-state index contributed by atoms with van der Waals surface area (Å²) < 4.78 is 18.3. The van der Waals surface area contributed by atoms with Gasteiger partial charge in [-0.15, -0.1) is 0 Å². The van der Waals surface area contributed by atoms with Crippen molar-refractivity contribution in [1.82, 2.24) is 18.3 Å². The molecule has 15 heteroatoms. The zero-order chi connectivity index (χ0) is 46.0. The molecule has 0 N–H and O–H groups in total. The molecular formula is C50H52N10O4Si. The first-order chi connectivity index (χ1) is 30.9. The minimum Gasteiger partial charge on any atom is -0.451 e. The predicted molar refractivity (Wildman–Crippen MR) is 257 cm³/mol. The van der Waals surface area contributed by atoms with Crippen LogP contribution in [-0.2, 0) is 18.4 Å². The Labute approximate surface area is 378 Å². The summed E-state index contributed by atoms with van der Waals surface area (Å²) in [6.45, 7) is 16.0. The molecule has 2 unspecified atom stereocenters. The van der Waals surface area contributed by atoms with Crippen LogP contribution in [0.3, 0.4) is 0 Å². The van der Waals surface area contributed by atoms with E-state index in [0.29, 0.717) is 67.5 Å². The molecule has 14 nitrogen and oxygen atoms in total. The third kappa shape index (κ3) is 6.58. The zero-order valence-electron chi connectivity index (χ0n) is 38.8. The van der Waals surface area contributed by atoms with E-state index < -0.39 is 32.9 Å². The molecule has 0 saturated heterocycles. The Kier molecular flexibility index (Phi) is 9.89. The number of likely N-dealkylation sites (N-methyl/N-ethyl adjacent to an activating group) is 2. The fourth-order valence-corrected chi connectivity index (χ4v) is 13.0. The molecule has 4 aliphatic rings. The molecule has 0 spiro atoms. The smallest absolute Gasteiger partial charge is 0.451 e. The Hall–Kier alpha value is -6.68. The molecule has 330 valence electrons. The maximum atomic E-state index is 15.6. The van der Waals surface area contributed by atoms with Crippen molar-refractivity contribution in [3.05, 3.63) is 128 Å². The van der Waals surface area contributed by atoms with E-state index in [4.69, 9.17) is 38.8 Å². The van der Waals surface area contributed by atoms with Crippen molar-refractivity contribution in [2.75, 3.05) is 28.2 Å². The maximum Gasteiger partial charge on any atom is 0.742 e. The third-order valence-corrected chi connectivity index (χ3v) is 15.5. The Balaban J connectivity index is 1.52. The van der Waals surface area contributed by atoms with Gasteiger partial charge < -0.3 is 8.85 Å². The average Bonchev–Trinajstić information content (AvgIpc) is 3.92. The van der Waals surface area contributed by atoms with Gasteiger partial charge >= 0.3 is 20.8 Å². The Morgan fingerprint density at radius 2 is 0.877 bits per heavy atom. The van der Waals surface area contributed by atoms with Gasteiger partial charge in [0.15, 0.2) is 23.3 Å². The number of fused-ring (bicyclic) bond motifs is 14. The summed E-state index contributed by atoms with van der Waals surface area (Å²) in [5.74, 6) is 0.699. The number of aliphatic imine (C=N–C) groups is 4. The first kappa shape index (κ1) is 42.3. The van der Waals surface area contributed by atoms with Crippen molar-refractivity contribution in [3.8, 4) is 0 Å². The Bertz CT molecular complexity index is 3300. The van der Waals surface area contributed by atoms with Gasteiger partial charge in [-0.2, -0.15) is 0 Å². The van der Waals surface area contributed by atoms with E-state index in [9.17, 15) is 0 Å². The largest absolute Gasteiger partial charge is 0.742 e. The highest BCUT2D eigenvalue weighted by molar-refractivity contribution is 6.69. The van der Waals surface area contributed by atoms with Crippen molar-refractivity contribution in [2.24, 2.45) is 41.8 Å². The first-order valence-corrected chi connectivity index (χ1v) is 23.8. The van der Waals surface area contributed by atoms with E-state index >= 15 is 9.59 Å². The zero-order valence-corrected chi connectivity index (χ0v) is 39.8. The van der Waals surface area contributed by atoms with Crippen LogP contribution in [0.4, 0.5) is 11.6 Å². The Morgan fingerprint density at radius 1 is 0.477 bits per heavy atom. The van der Waals surface area contributed by atoms with Gasteiger partial charge in [0.2, 0.25) is 0 Å². The minimum absolute atomic E-state index is 0.209. The van der Waals surface area contributed by atoms with Gasteiger partial charge in [-0.3, -0.25) is 27.9 Å². The van der Waals surface area contributed by atoms with Crippen molar-refractivity contribution < 1.29 is 18.4 Å². The minimum atomic E-state index is -5.13. The normalized spacial score (nSPS) is 17.8. The molecule has 10 rings (SSSR count). The number of aromatic nitrogens is 2. The summed E-state index contributed by atoms with van der Waals surface area (Å²) in [6.07, 6.45) is 0. The molecule has 0 radical (unpaired) electrons. The summed E-state index contributed by atoms with van der Waals surface area (Å²) in [5.41, 5.74) is 7.76. The maximum absolute atomic E-state index is 15.6. The van der Waals surface area contributed by atoms with Crippen LogP contribution in [0.5, 0.6) is 0 Å². The van der Waals surface area contributed by atoms with Crippen LogP contribution in [0.15, 0.2) is 103 Å². The van der Waals surface area contributed by atoms with Crippen LogP contribution < -0.4 is 11.0 Å². The quantitative estimate of drug-likeness (QED) is 0.153. The number of rotatable bonds is 8. The lowest BCUT2D eigenvalue weighted by Gasteiger charge is -2.36. The number of hydrogen-bond acceptors (Lipinski definition) is 12. The van der Waals surface area contributed by atoms with Gasteiger partial charge in [-0.1, -0.05) is 98.5 Å². The van der Waals surface area contributed by atoms with E-state index in [0.717, 1.165) is 44.5 Å². The summed E-state index contributed by atoms with van der Waals surface area (Å²) in [7, 11) is 2.25. The highest BCUT2D eigenvalue weighted by Crippen LogP contribution is 2.44. The van der Waals surface area contributed by atoms with E-state index in [1.165, 1.54) is 0 Å². The summed E-state index contributed by atoms with van der Waals surface area (Å²) in [6, 6.07) is 22.8. The van der Waals surface area contributed by atoms with Crippen LogP contribution in [0.25, 0.3) is 21.5 Å². The third-order valence-electron chi connectivity index (χ3n) is 12.6. The highest BCUT2D eigenvalue weighted by atomic mass is 28.4. The van der Waals surface area contributed by atoms with Gasteiger partial charge in [0.1, 0.15) is 34.7 Å². The number of carbonyl (C=O) groups is 2. The van der Waals surface area contributed by atoms with Crippen molar-refractivity contribution in [2.45, 2.75) is 67.5 Å². The number of hydrogen-bond donors (Lipinski definition) is 0. The van der Waals surface area contributed by atoms with E-state index in [1.54, 1.807) is 8.47 Å². The standard InChI is InChI=1S/C50H52N10O4Si/c1-25(2)39(57(9)10)49(61)63-65(64-50(62)40(26(3)4)58(11)12)59-45-33-19-15-29(7)23-37(33)48(59)54-42-32-18-14-28(6)22-36(32)44(52-42)56-46-34-20-16-30(8)24-38(34)47(60(46)65)53-41-31-17-13-27(5)21-35(31)43(51-41)55-45/h13-26,39-40H,1-12H3. The number of carbonyl (C=O) groups excluding carboxylic acids is 2. The summed E-state index contributed by atoms with van der Waals surface area (Å²) in [4.78, 5) is 67.2. The molecular weight excluding hydrogens is 833 g/mol. The molecule has 0 amide bonds. The van der Waals surface area contributed by atoms with Crippen molar-refractivity contribution in [1.29, 1.82) is 0 Å². The number of nitrogens with zero attached hydrogens (tertiary/aromatic N) is 10. The van der Waals surface area contributed by atoms with Crippen LogP contribution in [0.2, 0.25) is 0 Å². The molecule has 2 atom stereocenters. The molecule has 0 saturated carbocycles. The van der Waals surface area contributed by atoms with Gasteiger partial charge in [-0.25, -0.2) is 30.0 Å². The monoisotopic (exact) mass is 884 g/mol. The topological polar surface area (TPSA) is 143 Å². The second-order valence-corrected chi connectivity index (χ2v) is 21.2. The molecule has 4 aromatic carbocycles. The summed E-state index contributed by atoms with van der Waals surface area (Å²) in [5, 5.41) is 2.74. The summed E-state index contributed by atoms with van der Waals surface area (Å²) >= 11 is 0. The lowest BCUT2D eigenvalue weighted by Crippen LogP contribution is -2.67. The van der Waals surface area contributed by atoms with Gasteiger partial charge in [-0.05, 0) is 92.0 Å². The lowest BCUT2D eigenvalue weighted by atomic mass is 10.0. The second-order valence-electron chi connectivity index (χ2n) is 18.8. The van der Waals surface area contributed by atoms with Crippen LogP contribution in [0.1, 0.15) is 72.2 Å². The van der Waals surface area contributed by atoms with Crippen LogP contribution in [0, 0.1) is 39.5 Å². The van der Waals surface area contributed by atoms with E-state index in [2.05, 4.69) is 12.1 Å². The Morgan fingerprint density at radius 3 is 1.38 bits per heavy atom. The fourth-order valence-electron chi connectivity index (χ4n) is 9.84. The first-order valence-electron chi connectivity index (χ1n) is 22.1. The van der Waals surface area contributed by atoms with Crippen molar-refractivity contribution >= 4 is 77.3 Å². The molecule has 6 aromatic rings. The molecule has 6 bridgehead atoms. The van der Waals surface area contributed by atoms with E-state index in [-0.39, 0.29) is 11.8 Å². The van der Waals surface area contributed by atoms with E-state index in [1.807, 2.05) is 154 Å². The molecule has 6 heterocycles. The predicted octanol–water partition coefficient (Wildman–Crippen LogP) is 6.86.